The summed E-state index contributed by atoms with van der Waals surface area (Å²) >= 11 is 0. The lowest BCUT2D eigenvalue weighted by Crippen LogP contribution is -2.40. The molecule has 0 aliphatic carbocycles. The quantitative estimate of drug-likeness (QED) is 0.0211. The predicted molar refractivity (Wildman–Crippen MR) is 391 cm³/mol. The van der Waals surface area contributed by atoms with Gasteiger partial charge in [0.05, 0.1) is 34.4 Å². The third-order valence-corrected chi connectivity index (χ3v) is 15.3. The van der Waals surface area contributed by atoms with Crippen molar-refractivity contribution in [2.24, 2.45) is 0 Å². The van der Waals surface area contributed by atoms with Gasteiger partial charge in [0.25, 0.3) is 6.29 Å². The number of nitrogens with zero attached hydrogens (tertiary/aromatic N) is 1. The number of carbonyl (C=O) groups is 3. The van der Waals surface area contributed by atoms with E-state index in [1.165, 1.54) is 128 Å². The van der Waals surface area contributed by atoms with Crippen LogP contribution in [0.15, 0.2) is 158 Å². The molecule has 9 nitrogen and oxygen atoms in total. The molecule has 2 unspecified atom stereocenters. The molecule has 0 amide bonds. The number of hydrogen-bond donors (Lipinski definition) is 1. The lowest BCUT2D eigenvalue weighted by molar-refractivity contribution is -0.870. The summed E-state index contributed by atoms with van der Waals surface area (Å²) in [5.41, 5.74) is 0. The summed E-state index contributed by atoms with van der Waals surface area (Å²) in [6.45, 7) is 4.74. The molecule has 0 rings (SSSR count). The van der Waals surface area contributed by atoms with E-state index >= 15 is 0 Å². The summed E-state index contributed by atoms with van der Waals surface area (Å²) in [6.07, 6.45) is 102. The molecule has 9 heteroatoms. The van der Waals surface area contributed by atoms with Gasteiger partial charge in [-0.25, -0.2) is 4.79 Å². The number of carboxylic acid groups (broad SMARTS) is 1. The Morgan fingerprint density at radius 2 is 0.626 bits per heavy atom. The highest BCUT2D eigenvalue weighted by Gasteiger charge is 2.25. The van der Waals surface area contributed by atoms with Gasteiger partial charge in [-0.05, 0) is 128 Å². The smallest absolute Gasteiger partial charge is 0.361 e. The highest BCUT2D eigenvalue weighted by Crippen LogP contribution is 2.16. The van der Waals surface area contributed by atoms with E-state index in [1.807, 2.05) is 21.1 Å². The fourth-order valence-corrected chi connectivity index (χ4v) is 9.70. The second-order valence-electron chi connectivity index (χ2n) is 25.2. The SMILES string of the molecule is CC/C=C\C/C=C\C/C=C\C/C=C\C/C=C\C/C=C\C/C=C\C/C=C\C/C=C\C/C=C\C/C=C\CCCCCCCCCC(=O)OC(COC(=O)CCCCCCCCCCCCCCC/C=C\C/C=C\CCCCCCC)COC(OCC[N+](C)(C)C)C(=O)O. The van der Waals surface area contributed by atoms with Crippen LogP contribution in [0.4, 0.5) is 0 Å². The molecule has 0 radical (unpaired) electrons. The highest BCUT2D eigenvalue weighted by molar-refractivity contribution is 5.71. The number of carboxylic acids is 1. The molecule has 0 heterocycles. The average Bonchev–Trinajstić information content (AvgIpc) is 3.53. The van der Waals surface area contributed by atoms with Crippen molar-refractivity contribution in [1.82, 2.24) is 0 Å². The van der Waals surface area contributed by atoms with Crippen molar-refractivity contribution in [3.63, 3.8) is 0 Å². The van der Waals surface area contributed by atoms with Gasteiger partial charge in [0.15, 0.2) is 6.10 Å². The number of ether oxygens (including phenoxy) is 4. The fourth-order valence-electron chi connectivity index (χ4n) is 9.70. The minimum absolute atomic E-state index is 0.178. The van der Waals surface area contributed by atoms with Gasteiger partial charge in [-0.1, -0.05) is 300 Å². The molecule has 516 valence electrons. The van der Waals surface area contributed by atoms with Crippen molar-refractivity contribution in [2.45, 2.75) is 296 Å². The number of unbranched alkanes of at least 4 members (excludes halogenated alkanes) is 25. The third-order valence-electron chi connectivity index (χ3n) is 15.3. The molecule has 2 atom stereocenters. The summed E-state index contributed by atoms with van der Waals surface area (Å²) in [5.74, 6) is -2.03. The van der Waals surface area contributed by atoms with Gasteiger partial charge >= 0.3 is 17.9 Å². The van der Waals surface area contributed by atoms with E-state index < -0.39 is 24.3 Å². The Hall–Kier alpha value is -5.09. The zero-order chi connectivity index (χ0) is 66.1. The molecule has 0 aromatic carbocycles. The van der Waals surface area contributed by atoms with Crippen molar-refractivity contribution >= 4 is 17.9 Å². The summed E-state index contributed by atoms with van der Waals surface area (Å²) < 4.78 is 23.0. The Morgan fingerprint density at radius 1 is 0.341 bits per heavy atom. The van der Waals surface area contributed by atoms with Crippen molar-refractivity contribution in [3.05, 3.63) is 158 Å². The van der Waals surface area contributed by atoms with Gasteiger partial charge in [-0.2, -0.15) is 0 Å². The van der Waals surface area contributed by atoms with Crippen molar-refractivity contribution in [1.29, 1.82) is 0 Å². The Balaban J connectivity index is 4.18. The Bertz CT molecular complexity index is 2060. The molecule has 0 spiro atoms. The third kappa shape index (κ3) is 72.2. The second-order valence-corrected chi connectivity index (χ2v) is 25.2. The number of hydrogen-bond acceptors (Lipinski definition) is 7. The van der Waals surface area contributed by atoms with Gasteiger partial charge in [0.2, 0.25) is 0 Å². The van der Waals surface area contributed by atoms with Gasteiger partial charge in [-0.15, -0.1) is 0 Å². The first kappa shape index (κ1) is 85.9. The molecule has 0 bridgehead atoms. The number of aliphatic carboxylic acids is 1. The molecule has 0 fully saturated rings. The molecule has 0 aliphatic heterocycles. The lowest BCUT2D eigenvalue weighted by Gasteiger charge is -2.25. The fraction of sp³-hybridized carbons (Fsp3) is 0.646. The molecule has 1 N–H and O–H groups in total. The van der Waals surface area contributed by atoms with Crippen LogP contribution in [0.3, 0.4) is 0 Å². The Kier molecular flexibility index (Phi) is 66.8. The van der Waals surface area contributed by atoms with E-state index in [4.69, 9.17) is 18.9 Å². The van der Waals surface area contributed by atoms with E-state index in [9.17, 15) is 19.5 Å². The maximum absolute atomic E-state index is 13.0. The average molecular weight is 1260 g/mol. The number of allylic oxidation sites excluding steroid dienone is 26. The van der Waals surface area contributed by atoms with Crippen LogP contribution >= 0.6 is 0 Å². The van der Waals surface area contributed by atoms with Crippen LogP contribution in [0.2, 0.25) is 0 Å². The number of quaternary nitrogens is 1. The lowest BCUT2D eigenvalue weighted by atomic mass is 10.0. The van der Waals surface area contributed by atoms with Crippen molar-refractivity contribution in [2.75, 3.05) is 47.5 Å². The molecule has 91 heavy (non-hydrogen) atoms. The molecular weight excluding hydrogens is 1130 g/mol. The molecular formula is C82H136NO8+. The van der Waals surface area contributed by atoms with E-state index in [1.54, 1.807) is 0 Å². The summed E-state index contributed by atoms with van der Waals surface area (Å²) in [7, 11) is 5.97. The highest BCUT2D eigenvalue weighted by atomic mass is 16.7. The minimum atomic E-state index is -1.52. The summed E-state index contributed by atoms with van der Waals surface area (Å²) in [6, 6.07) is 0. The number of esters is 2. The van der Waals surface area contributed by atoms with Crippen LogP contribution in [0.5, 0.6) is 0 Å². The first-order valence-corrected chi connectivity index (χ1v) is 36.6. The number of likely N-dealkylation sites (N-methyl/N-ethyl adjacent to an activating group) is 1. The minimum Gasteiger partial charge on any atom is -0.477 e. The molecule has 0 saturated heterocycles. The normalized spacial score (nSPS) is 13.6. The zero-order valence-corrected chi connectivity index (χ0v) is 58.9. The van der Waals surface area contributed by atoms with Crippen LogP contribution in [0.1, 0.15) is 284 Å². The van der Waals surface area contributed by atoms with Crippen LogP contribution < -0.4 is 0 Å². The maximum atomic E-state index is 13.0. The van der Waals surface area contributed by atoms with Crippen LogP contribution in [-0.4, -0.2) is 87.4 Å². The van der Waals surface area contributed by atoms with Crippen LogP contribution in [0, 0.1) is 0 Å². The molecule has 0 saturated carbocycles. The van der Waals surface area contributed by atoms with E-state index in [-0.39, 0.29) is 32.2 Å². The summed E-state index contributed by atoms with van der Waals surface area (Å²) in [5, 5.41) is 9.75. The molecule has 0 aromatic heterocycles. The van der Waals surface area contributed by atoms with E-state index in [0.717, 1.165) is 122 Å². The number of rotatable bonds is 66. The van der Waals surface area contributed by atoms with Gasteiger partial charge in [0, 0.05) is 12.8 Å². The molecule has 0 aromatic rings. The van der Waals surface area contributed by atoms with E-state index in [2.05, 4.69) is 172 Å². The van der Waals surface area contributed by atoms with Gasteiger partial charge in [-0.3, -0.25) is 9.59 Å². The predicted octanol–water partition coefficient (Wildman–Crippen LogP) is 23.2. The second kappa shape index (κ2) is 70.8. The van der Waals surface area contributed by atoms with Gasteiger partial charge < -0.3 is 28.5 Å². The van der Waals surface area contributed by atoms with Crippen LogP contribution in [0.25, 0.3) is 0 Å². The van der Waals surface area contributed by atoms with Crippen LogP contribution in [-0.2, 0) is 33.3 Å². The number of carbonyl (C=O) groups excluding carboxylic acids is 2. The largest absolute Gasteiger partial charge is 0.477 e. The molecule has 0 aliphatic rings. The monoisotopic (exact) mass is 1260 g/mol. The van der Waals surface area contributed by atoms with Gasteiger partial charge in [0.1, 0.15) is 13.2 Å². The Morgan fingerprint density at radius 3 is 0.934 bits per heavy atom. The summed E-state index contributed by atoms with van der Waals surface area (Å²) in [4.78, 5) is 37.6. The van der Waals surface area contributed by atoms with Crippen molar-refractivity contribution < 1.29 is 42.9 Å². The standard InChI is InChI=1S/C82H135NO8/c1-6-8-10-12-14-16-18-20-22-24-26-28-30-32-33-34-35-36-37-38-39-40-41-42-43-44-45-46-47-49-51-53-55-57-59-61-63-65-67-69-71-73-80(85)91-78(77-90-82(81(86)87)88-75-74-83(3,4)5)76-89-79(84)72-70-68-66-64-62-60-58-56-54-52-50-48-31-29-27-25-23-21-19-17-15-13-11-9-7-2/h8,10,14,16,19-22,25-28,32-33,35-36,38-39,41-42,44-45,47,49,53,55,78,82H,6-7,9,11-13,15,17-18,23-24,29-31,34,37,40,43,46,48,50-52,54,56-77H2,1-5H3/p+1/b10-8-,16-14-,21-19-,22-20-,27-25-,28-26-,33-32-,36-35-,39-38-,42-41-,45-44-,49-47-,55-53-. The first-order chi connectivity index (χ1) is 44.6. The first-order valence-electron chi connectivity index (χ1n) is 36.6. The topological polar surface area (TPSA) is 108 Å². The zero-order valence-electron chi connectivity index (χ0n) is 58.9. The van der Waals surface area contributed by atoms with E-state index in [0.29, 0.717) is 23.9 Å². The Labute approximate surface area is 559 Å². The maximum Gasteiger partial charge on any atom is 0.361 e. The van der Waals surface area contributed by atoms with Crippen molar-refractivity contribution in [3.8, 4) is 0 Å².